The van der Waals surface area contributed by atoms with Gasteiger partial charge >= 0.3 is 0 Å². The predicted octanol–water partition coefficient (Wildman–Crippen LogP) is 4.57. The average molecular weight is 387 g/mol. The van der Waals surface area contributed by atoms with Gasteiger partial charge in [-0.25, -0.2) is 9.97 Å². The van der Waals surface area contributed by atoms with Crippen LogP contribution in [-0.2, 0) is 17.3 Å². The summed E-state index contributed by atoms with van der Waals surface area (Å²) in [6, 6.07) is 8.43. The minimum absolute atomic E-state index is 0.0815. The van der Waals surface area contributed by atoms with E-state index in [1.807, 2.05) is 23.2 Å². The lowest BCUT2D eigenvalue weighted by molar-refractivity contribution is -0.113. The molecule has 0 bridgehead atoms. The number of aryl methyl sites for hydroxylation is 1. The van der Waals surface area contributed by atoms with Crippen LogP contribution < -0.4 is 5.32 Å². The van der Waals surface area contributed by atoms with Crippen LogP contribution in [0.5, 0.6) is 0 Å². The highest BCUT2D eigenvalue weighted by atomic mass is 32.2. The molecule has 0 radical (unpaired) electrons. The van der Waals surface area contributed by atoms with Gasteiger partial charge in [0.15, 0.2) is 10.3 Å². The Labute approximate surface area is 161 Å². The average Bonchev–Trinajstić information content (AvgIpc) is 3.21. The molecule has 0 aliphatic heterocycles. The van der Waals surface area contributed by atoms with Crippen molar-refractivity contribution in [1.82, 2.24) is 14.5 Å². The number of carbonyl (C=O) groups is 1. The molecule has 0 atom stereocenters. The fourth-order valence-corrected chi connectivity index (χ4v) is 3.85. The number of imidazole rings is 1. The Morgan fingerprint density at radius 3 is 2.62 bits per heavy atom. The number of thiazole rings is 1. The van der Waals surface area contributed by atoms with E-state index in [2.05, 4.69) is 60.3 Å². The quantitative estimate of drug-likeness (QED) is 0.653. The minimum Gasteiger partial charge on any atom is -0.329 e. The molecule has 5 nitrogen and oxygen atoms in total. The number of amides is 1. The van der Waals surface area contributed by atoms with Crippen molar-refractivity contribution in [2.45, 2.75) is 31.3 Å². The largest absolute Gasteiger partial charge is 0.329 e. The number of rotatable bonds is 5. The van der Waals surface area contributed by atoms with Gasteiger partial charge in [0.1, 0.15) is 0 Å². The highest BCUT2D eigenvalue weighted by molar-refractivity contribution is 7.99. The molecule has 3 rings (SSSR count). The zero-order valence-corrected chi connectivity index (χ0v) is 16.9. The zero-order chi connectivity index (χ0) is 18.7. The van der Waals surface area contributed by atoms with Crippen LogP contribution in [0.15, 0.2) is 47.2 Å². The Morgan fingerprint density at radius 1 is 1.27 bits per heavy atom. The molecule has 1 aromatic carbocycles. The summed E-state index contributed by atoms with van der Waals surface area (Å²) in [4.78, 5) is 20.8. The van der Waals surface area contributed by atoms with E-state index in [1.54, 1.807) is 6.20 Å². The number of nitrogens with one attached hydrogen (secondary N) is 1. The van der Waals surface area contributed by atoms with Crippen molar-refractivity contribution < 1.29 is 4.79 Å². The standard InChI is InChI=1S/C19H22N4OS2/c1-19(2,3)14-7-5-13(6-8-14)15-11-25-17(21-15)22-16(24)12-26-18-20-9-10-23(18)4/h5-11H,12H2,1-4H3,(H,21,22,24). The topological polar surface area (TPSA) is 59.8 Å². The van der Waals surface area contributed by atoms with Gasteiger partial charge in [0.05, 0.1) is 11.4 Å². The lowest BCUT2D eigenvalue weighted by atomic mass is 9.86. The van der Waals surface area contributed by atoms with E-state index in [0.29, 0.717) is 10.9 Å². The molecule has 3 aromatic rings. The van der Waals surface area contributed by atoms with Crippen LogP contribution in [0.4, 0.5) is 5.13 Å². The third-order valence-electron chi connectivity index (χ3n) is 3.91. The van der Waals surface area contributed by atoms with Crippen molar-refractivity contribution in [3.8, 4) is 11.3 Å². The summed E-state index contributed by atoms with van der Waals surface area (Å²) in [5.41, 5.74) is 3.35. The van der Waals surface area contributed by atoms with Gasteiger partial charge in [0.25, 0.3) is 0 Å². The van der Waals surface area contributed by atoms with Crippen molar-refractivity contribution in [2.75, 3.05) is 11.1 Å². The van der Waals surface area contributed by atoms with Gasteiger partial charge in [-0.05, 0) is 11.0 Å². The second kappa shape index (κ2) is 7.63. The normalized spacial score (nSPS) is 11.5. The third-order valence-corrected chi connectivity index (χ3v) is 5.72. The predicted molar refractivity (Wildman–Crippen MR) is 109 cm³/mol. The molecule has 136 valence electrons. The lowest BCUT2D eigenvalue weighted by Crippen LogP contribution is -2.14. The Hall–Kier alpha value is -2.12. The van der Waals surface area contributed by atoms with Crippen molar-refractivity contribution in [2.24, 2.45) is 7.05 Å². The van der Waals surface area contributed by atoms with E-state index < -0.39 is 0 Å². The van der Waals surface area contributed by atoms with Gasteiger partial charge < -0.3 is 9.88 Å². The van der Waals surface area contributed by atoms with Crippen LogP contribution in [-0.4, -0.2) is 26.2 Å². The Balaban J connectivity index is 1.60. The molecule has 0 saturated carbocycles. The SMILES string of the molecule is Cn1ccnc1SCC(=O)Nc1nc(-c2ccc(C(C)(C)C)cc2)cs1. The smallest absolute Gasteiger partial charge is 0.236 e. The molecule has 0 spiro atoms. The first-order chi connectivity index (χ1) is 12.3. The Bertz CT molecular complexity index is 891. The maximum atomic E-state index is 12.1. The number of benzene rings is 1. The van der Waals surface area contributed by atoms with Crippen LogP contribution in [0.2, 0.25) is 0 Å². The Morgan fingerprint density at radius 2 is 2.00 bits per heavy atom. The number of hydrogen-bond donors (Lipinski definition) is 1. The van der Waals surface area contributed by atoms with Crippen molar-refractivity contribution in [3.63, 3.8) is 0 Å². The number of anilines is 1. The molecule has 2 heterocycles. The van der Waals surface area contributed by atoms with Crippen LogP contribution in [0.25, 0.3) is 11.3 Å². The van der Waals surface area contributed by atoms with Crippen molar-refractivity contribution in [1.29, 1.82) is 0 Å². The molecule has 0 fully saturated rings. The summed E-state index contributed by atoms with van der Waals surface area (Å²) < 4.78 is 1.89. The second-order valence-corrected chi connectivity index (χ2v) is 8.82. The first kappa shape index (κ1) is 18.7. The molecule has 7 heteroatoms. The maximum absolute atomic E-state index is 12.1. The van der Waals surface area contributed by atoms with E-state index >= 15 is 0 Å². The molecular weight excluding hydrogens is 364 g/mol. The van der Waals surface area contributed by atoms with Gasteiger partial charge in [-0.15, -0.1) is 11.3 Å². The molecule has 1 amide bonds. The van der Waals surface area contributed by atoms with Crippen LogP contribution in [0.1, 0.15) is 26.3 Å². The number of aromatic nitrogens is 3. The monoisotopic (exact) mass is 386 g/mol. The Kier molecular flexibility index (Phi) is 5.48. The molecule has 0 saturated heterocycles. The number of carbonyl (C=O) groups excluding carboxylic acids is 1. The number of nitrogens with zero attached hydrogens (tertiary/aromatic N) is 3. The summed E-state index contributed by atoms with van der Waals surface area (Å²) in [6.07, 6.45) is 3.58. The highest BCUT2D eigenvalue weighted by Gasteiger charge is 2.14. The van der Waals surface area contributed by atoms with Gasteiger partial charge in [-0.3, -0.25) is 4.79 Å². The second-order valence-electron chi connectivity index (χ2n) is 7.02. The van der Waals surface area contributed by atoms with E-state index in [-0.39, 0.29) is 11.3 Å². The van der Waals surface area contributed by atoms with Gasteiger partial charge in [0.2, 0.25) is 5.91 Å². The maximum Gasteiger partial charge on any atom is 0.236 e. The lowest BCUT2D eigenvalue weighted by Gasteiger charge is -2.18. The fourth-order valence-electron chi connectivity index (χ4n) is 2.38. The zero-order valence-electron chi connectivity index (χ0n) is 15.3. The first-order valence-corrected chi connectivity index (χ1v) is 10.2. The van der Waals surface area contributed by atoms with E-state index in [4.69, 9.17) is 0 Å². The molecule has 0 unspecified atom stereocenters. The van der Waals surface area contributed by atoms with Crippen molar-refractivity contribution in [3.05, 3.63) is 47.6 Å². The number of thioether (sulfide) groups is 1. The molecule has 2 aromatic heterocycles. The molecule has 0 aliphatic carbocycles. The summed E-state index contributed by atoms with van der Waals surface area (Å²) in [7, 11) is 1.91. The van der Waals surface area contributed by atoms with Crippen molar-refractivity contribution >= 4 is 34.1 Å². The summed E-state index contributed by atoms with van der Waals surface area (Å²) in [5, 5.41) is 6.26. The molecule has 1 N–H and O–H groups in total. The third kappa shape index (κ3) is 4.53. The van der Waals surface area contributed by atoms with Gasteiger partial charge in [-0.1, -0.05) is 56.8 Å². The van der Waals surface area contributed by atoms with E-state index in [0.717, 1.165) is 16.4 Å². The minimum atomic E-state index is -0.0815. The first-order valence-electron chi connectivity index (χ1n) is 8.29. The number of hydrogen-bond acceptors (Lipinski definition) is 5. The molecule has 0 aliphatic rings. The van der Waals surface area contributed by atoms with Gasteiger partial charge in [-0.2, -0.15) is 0 Å². The summed E-state index contributed by atoms with van der Waals surface area (Å²) >= 11 is 2.84. The van der Waals surface area contributed by atoms with E-state index in [1.165, 1.54) is 28.7 Å². The van der Waals surface area contributed by atoms with E-state index in [9.17, 15) is 4.79 Å². The molecule has 26 heavy (non-hydrogen) atoms. The highest BCUT2D eigenvalue weighted by Crippen LogP contribution is 2.28. The summed E-state index contributed by atoms with van der Waals surface area (Å²) in [6.45, 7) is 6.59. The fraction of sp³-hybridized carbons (Fsp3) is 0.316. The molecular formula is C19H22N4OS2. The van der Waals surface area contributed by atoms with Crippen LogP contribution >= 0.6 is 23.1 Å². The van der Waals surface area contributed by atoms with Gasteiger partial charge in [0, 0.05) is 30.4 Å². The van der Waals surface area contributed by atoms with Crippen LogP contribution in [0, 0.1) is 0 Å². The van der Waals surface area contributed by atoms with Crippen LogP contribution in [0.3, 0.4) is 0 Å². The summed E-state index contributed by atoms with van der Waals surface area (Å²) in [5.74, 6) is 0.224.